The molecule has 1 aromatic carbocycles. The topological polar surface area (TPSA) is 55.1 Å². The first-order chi connectivity index (χ1) is 6.56. The predicted molar refractivity (Wildman–Crippen MR) is 58.7 cm³/mol. The smallest absolute Gasteiger partial charge is 0.181 e. The van der Waals surface area contributed by atoms with Crippen LogP contribution in [0.4, 0.5) is 5.69 Å². The first-order valence-electron chi connectivity index (χ1n) is 4.32. The van der Waals surface area contributed by atoms with Crippen molar-refractivity contribution in [1.29, 1.82) is 0 Å². The maximum absolute atomic E-state index is 11.7. The summed E-state index contributed by atoms with van der Waals surface area (Å²) in [7, 11) is 1.73. The van der Waals surface area contributed by atoms with Crippen molar-refractivity contribution in [3.8, 4) is 0 Å². The van der Waals surface area contributed by atoms with Gasteiger partial charge in [0, 0.05) is 16.3 Å². The summed E-state index contributed by atoms with van der Waals surface area (Å²) in [6.45, 7) is 1.79. The van der Waals surface area contributed by atoms with E-state index in [1.54, 1.807) is 32.2 Å². The van der Waals surface area contributed by atoms with Gasteiger partial charge in [-0.1, -0.05) is 11.6 Å². The fraction of sp³-hybridized carbons (Fsp3) is 0.300. The zero-order chi connectivity index (χ0) is 10.7. The second kappa shape index (κ2) is 4.44. The van der Waals surface area contributed by atoms with Crippen LogP contribution in [0.2, 0.25) is 5.02 Å². The molecule has 1 rings (SSSR count). The summed E-state index contributed by atoms with van der Waals surface area (Å²) in [5.74, 6) is -0.0262. The summed E-state index contributed by atoms with van der Waals surface area (Å²) >= 11 is 5.73. The normalized spacial score (nSPS) is 12.5. The van der Waals surface area contributed by atoms with Crippen molar-refractivity contribution in [2.75, 3.05) is 12.8 Å². The van der Waals surface area contributed by atoms with Crippen molar-refractivity contribution >= 4 is 23.1 Å². The lowest BCUT2D eigenvalue weighted by Gasteiger charge is -2.10. The van der Waals surface area contributed by atoms with Crippen molar-refractivity contribution in [1.82, 2.24) is 5.32 Å². The third-order valence-electron chi connectivity index (χ3n) is 2.11. The van der Waals surface area contributed by atoms with Gasteiger partial charge in [-0.05, 0) is 32.2 Å². The van der Waals surface area contributed by atoms with E-state index in [-0.39, 0.29) is 11.8 Å². The molecule has 76 valence electrons. The van der Waals surface area contributed by atoms with E-state index >= 15 is 0 Å². The van der Waals surface area contributed by atoms with Crippen LogP contribution in [0.5, 0.6) is 0 Å². The first kappa shape index (κ1) is 11.0. The Morgan fingerprint density at radius 2 is 2.21 bits per heavy atom. The van der Waals surface area contributed by atoms with E-state index in [0.717, 1.165) is 0 Å². The van der Waals surface area contributed by atoms with Gasteiger partial charge in [0.15, 0.2) is 5.78 Å². The highest BCUT2D eigenvalue weighted by Crippen LogP contribution is 2.19. The molecule has 14 heavy (non-hydrogen) atoms. The van der Waals surface area contributed by atoms with Crippen LogP contribution >= 0.6 is 11.6 Å². The zero-order valence-electron chi connectivity index (χ0n) is 8.17. The number of nitrogens with two attached hydrogens (primary N) is 1. The van der Waals surface area contributed by atoms with Gasteiger partial charge in [-0.15, -0.1) is 0 Å². The molecule has 0 saturated carbocycles. The molecule has 0 heterocycles. The third kappa shape index (κ3) is 2.25. The number of anilines is 1. The lowest BCUT2D eigenvalue weighted by molar-refractivity contribution is 0.0956. The molecule has 0 amide bonds. The van der Waals surface area contributed by atoms with Crippen molar-refractivity contribution < 1.29 is 4.79 Å². The van der Waals surface area contributed by atoms with Crippen LogP contribution in [-0.4, -0.2) is 18.9 Å². The molecule has 0 aliphatic carbocycles. The molecule has 4 heteroatoms. The van der Waals surface area contributed by atoms with E-state index in [2.05, 4.69) is 5.32 Å². The molecule has 0 spiro atoms. The zero-order valence-corrected chi connectivity index (χ0v) is 8.93. The Morgan fingerprint density at radius 3 is 2.71 bits per heavy atom. The quantitative estimate of drug-likeness (QED) is 0.593. The van der Waals surface area contributed by atoms with E-state index in [1.807, 2.05) is 0 Å². The van der Waals surface area contributed by atoms with Crippen molar-refractivity contribution in [3.05, 3.63) is 28.8 Å². The largest absolute Gasteiger partial charge is 0.398 e. The Labute approximate surface area is 88.2 Å². The van der Waals surface area contributed by atoms with E-state index in [4.69, 9.17) is 17.3 Å². The Bertz CT molecular complexity index is 352. The van der Waals surface area contributed by atoms with Crippen LogP contribution in [0.25, 0.3) is 0 Å². The Morgan fingerprint density at radius 1 is 1.57 bits per heavy atom. The molecular weight excluding hydrogens is 200 g/mol. The highest BCUT2D eigenvalue weighted by atomic mass is 35.5. The second-order valence-electron chi connectivity index (χ2n) is 3.11. The molecule has 1 atom stereocenters. The molecule has 0 saturated heterocycles. The third-order valence-corrected chi connectivity index (χ3v) is 2.34. The fourth-order valence-electron chi connectivity index (χ4n) is 1.12. The first-order valence-corrected chi connectivity index (χ1v) is 4.70. The number of carbonyl (C=O) groups excluding carboxylic acids is 1. The van der Waals surface area contributed by atoms with E-state index in [0.29, 0.717) is 16.3 Å². The van der Waals surface area contributed by atoms with Gasteiger partial charge in [-0.3, -0.25) is 4.79 Å². The Hall–Kier alpha value is -1.06. The molecule has 3 nitrogen and oxygen atoms in total. The van der Waals surface area contributed by atoms with Gasteiger partial charge in [-0.2, -0.15) is 0 Å². The fourth-order valence-corrected chi connectivity index (χ4v) is 1.30. The van der Waals surface area contributed by atoms with Gasteiger partial charge in [0.05, 0.1) is 6.04 Å². The highest BCUT2D eigenvalue weighted by Gasteiger charge is 2.15. The lowest BCUT2D eigenvalue weighted by atomic mass is 10.0. The summed E-state index contributed by atoms with van der Waals surface area (Å²) in [6, 6.07) is 4.65. The molecule has 0 aliphatic rings. The molecular formula is C10H13ClN2O. The maximum atomic E-state index is 11.7. The van der Waals surface area contributed by atoms with Crippen LogP contribution < -0.4 is 11.1 Å². The summed E-state index contributed by atoms with van der Waals surface area (Å²) in [5.41, 5.74) is 6.61. The van der Waals surface area contributed by atoms with Gasteiger partial charge in [0.25, 0.3) is 0 Å². The number of rotatable bonds is 3. The molecule has 3 N–H and O–H groups in total. The molecule has 0 bridgehead atoms. The number of carbonyl (C=O) groups is 1. The number of ketones is 1. The standard InChI is InChI=1S/C10H13ClN2O/c1-6(13-2)10(14)8-4-3-7(11)5-9(8)12/h3-6,13H,12H2,1-2H3. The molecule has 1 aromatic rings. The minimum atomic E-state index is -0.238. The average molecular weight is 213 g/mol. The number of hydrogen-bond acceptors (Lipinski definition) is 3. The number of hydrogen-bond donors (Lipinski definition) is 2. The summed E-state index contributed by atoms with van der Waals surface area (Å²) in [5, 5.41) is 3.41. The van der Waals surface area contributed by atoms with Gasteiger partial charge in [0.2, 0.25) is 0 Å². The number of halogens is 1. The SMILES string of the molecule is CNC(C)C(=O)c1ccc(Cl)cc1N. The summed E-state index contributed by atoms with van der Waals surface area (Å²) < 4.78 is 0. The van der Waals surface area contributed by atoms with Crippen LogP contribution in [0.15, 0.2) is 18.2 Å². The van der Waals surface area contributed by atoms with Crippen LogP contribution in [0, 0.1) is 0 Å². The number of benzene rings is 1. The predicted octanol–water partition coefficient (Wildman–Crippen LogP) is 1.71. The highest BCUT2D eigenvalue weighted by molar-refractivity contribution is 6.31. The van der Waals surface area contributed by atoms with Crippen molar-refractivity contribution in [3.63, 3.8) is 0 Å². The van der Waals surface area contributed by atoms with Gasteiger partial charge in [0.1, 0.15) is 0 Å². The number of likely N-dealkylation sites (N-methyl/N-ethyl adjacent to an activating group) is 1. The lowest BCUT2D eigenvalue weighted by Crippen LogP contribution is -2.31. The van der Waals surface area contributed by atoms with E-state index in [9.17, 15) is 4.79 Å². The molecule has 0 aromatic heterocycles. The van der Waals surface area contributed by atoms with Crippen LogP contribution in [0.1, 0.15) is 17.3 Å². The number of nitrogen functional groups attached to an aromatic ring is 1. The van der Waals surface area contributed by atoms with Gasteiger partial charge < -0.3 is 11.1 Å². The Kier molecular flexibility index (Phi) is 3.49. The van der Waals surface area contributed by atoms with E-state index in [1.165, 1.54) is 0 Å². The van der Waals surface area contributed by atoms with Crippen LogP contribution in [-0.2, 0) is 0 Å². The van der Waals surface area contributed by atoms with E-state index < -0.39 is 0 Å². The van der Waals surface area contributed by atoms with Gasteiger partial charge in [-0.25, -0.2) is 0 Å². The van der Waals surface area contributed by atoms with Crippen molar-refractivity contribution in [2.45, 2.75) is 13.0 Å². The van der Waals surface area contributed by atoms with Gasteiger partial charge >= 0.3 is 0 Å². The number of nitrogens with one attached hydrogen (secondary N) is 1. The number of Topliss-reactive ketones (excluding diaryl/α,β-unsaturated/α-hetero) is 1. The monoisotopic (exact) mass is 212 g/mol. The minimum absolute atomic E-state index is 0.0262. The molecule has 0 radical (unpaired) electrons. The second-order valence-corrected chi connectivity index (χ2v) is 3.54. The minimum Gasteiger partial charge on any atom is -0.398 e. The average Bonchev–Trinajstić information content (AvgIpc) is 2.15. The van der Waals surface area contributed by atoms with Crippen molar-refractivity contribution in [2.24, 2.45) is 0 Å². The molecule has 0 fully saturated rings. The summed E-state index contributed by atoms with van der Waals surface area (Å²) in [6.07, 6.45) is 0. The molecule has 1 unspecified atom stereocenters. The molecule has 0 aliphatic heterocycles. The van der Waals surface area contributed by atoms with Crippen LogP contribution in [0.3, 0.4) is 0 Å². The Balaban J connectivity index is 3.02. The maximum Gasteiger partial charge on any atom is 0.181 e. The summed E-state index contributed by atoms with van der Waals surface area (Å²) in [4.78, 5) is 11.7.